The summed E-state index contributed by atoms with van der Waals surface area (Å²) in [6.07, 6.45) is 1.64. The summed E-state index contributed by atoms with van der Waals surface area (Å²) in [7, 11) is 0. The first-order valence-corrected chi connectivity index (χ1v) is 4.59. The summed E-state index contributed by atoms with van der Waals surface area (Å²) in [6.45, 7) is 1.99. The van der Waals surface area contributed by atoms with Gasteiger partial charge < -0.3 is 16.6 Å². The molecule has 5 N–H and O–H groups in total. The molecule has 0 fully saturated rings. The van der Waals surface area contributed by atoms with Gasteiger partial charge in [0.05, 0.1) is 5.69 Å². The summed E-state index contributed by atoms with van der Waals surface area (Å²) in [4.78, 5) is 0. The third-order valence-corrected chi connectivity index (χ3v) is 2.15. The average Bonchev–Trinajstić information content (AvgIpc) is 2.11. The summed E-state index contributed by atoms with van der Waals surface area (Å²) in [5, 5.41) is 9.44. The van der Waals surface area contributed by atoms with E-state index in [2.05, 4.69) is 0 Å². The number of hydrogen-bond acceptors (Lipinski definition) is 3. The van der Waals surface area contributed by atoms with Gasteiger partial charge in [-0.1, -0.05) is 13.3 Å². The molecule has 0 aliphatic rings. The predicted molar refractivity (Wildman–Crippen MR) is 54.3 cm³/mol. The molecule has 0 aliphatic carbocycles. The Labute approximate surface area is 82.5 Å². The standard InChI is InChI=1S/C10H15FN2O/c1-2-3-8(12)6-4-9(13)7(11)5-10(6)14/h4-5,8,14H,2-3,12-13H2,1H3. The maximum atomic E-state index is 12.9. The Morgan fingerprint density at radius 2 is 2.14 bits per heavy atom. The van der Waals surface area contributed by atoms with Crippen LogP contribution in [0.1, 0.15) is 31.4 Å². The number of hydrogen-bond donors (Lipinski definition) is 3. The van der Waals surface area contributed by atoms with E-state index >= 15 is 0 Å². The lowest BCUT2D eigenvalue weighted by Crippen LogP contribution is -2.10. The van der Waals surface area contributed by atoms with E-state index in [-0.39, 0.29) is 17.5 Å². The molecule has 0 aliphatic heterocycles. The van der Waals surface area contributed by atoms with Crippen molar-refractivity contribution in [3.63, 3.8) is 0 Å². The zero-order valence-electron chi connectivity index (χ0n) is 8.13. The highest BCUT2D eigenvalue weighted by Gasteiger charge is 2.12. The van der Waals surface area contributed by atoms with Crippen LogP contribution < -0.4 is 11.5 Å². The Hall–Kier alpha value is -1.29. The monoisotopic (exact) mass is 198 g/mol. The molecule has 3 nitrogen and oxygen atoms in total. The number of halogens is 1. The molecular formula is C10H15FN2O. The Morgan fingerprint density at radius 1 is 1.50 bits per heavy atom. The number of phenolic OH excluding ortho intramolecular Hbond substituents is 1. The van der Waals surface area contributed by atoms with Crippen molar-refractivity contribution in [2.75, 3.05) is 5.73 Å². The number of phenols is 1. The van der Waals surface area contributed by atoms with Crippen molar-refractivity contribution in [2.45, 2.75) is 25.8 Å². The Morgan fingerprint density at radius 3 is 2.71 bits per heavy atom. The van der Waals surface area contributed by atoms with Crippen LogP contribution in [0.5, 0.6) is 5.75 Å². The number of nitrogens with two attached hydrogens (primary N) is 2. The molecule has 1 atom stereocenters. The van der Waals surface area contributed by atoms with Gasteiger partial charge in [-0.15, -0.1) is 0 Å². The van der Waals surface area contributed by atoms with E-state index in [1.807, 2.05) is 6.92 Å². The lowest BCUT2D eigenvalue weighted by molar-refractivity contribution is 0.452. The zero-order chi connectivity index (χ0) is 10.7. The highest BCUT2D eigenvalue weighted by Crippen LogP contribution is 2.29. The zero-order valence-corrected chi connectivity index (χ0v) is 8.13. The molecule has 78 valence electrons. The van der Waals surface area contributed by atoms with E-state index in [0.29, 0.717) is 5.56 Å². The van der Waals surface area contributed by atoms with Crippen LogP contribution in [0.25, 0.3) is 0 Å². The van der Waals surface area contributed by atoms with Crippen molar-refractivity contribution >= 4 is 5.69 Å². The Kier molecular flexibility index (Phi) is 3.30. The molecule has 0 saturated heterocycles. The summed E-state index contributed by atoms with van der Waals surface area (Å²) in [5.41, 5.74) is 11.7. The topological polar surface area (TPSA) is 72.3 Å². The van der Waals surface area contributed by atoms with Crippen LogP contribution in [0.15, 0.2) is 12.1 Å². The second-order valence-corrected chi connectivity index (χ2v) is 3.33. The SMILES string of the molecule is CCCC(N)c1cc(N)c(F)cc1O. The molecule has 1 aromatic carbocycles. The lowest BCUT2D eigenvalue weighted by atomic mass is 10.0. The van der Waals surface area contributed by atoms with Crippen LogP contribution in [0.3, 0.4) is 0 Å². The maximum Gasteiger partial charge on any atom is 0.149 e. The molecular weight excluding hydrogens is 183 g/mol. The molecule has 0 aromatic heterocycles. The van der Waals surface area contributed by atoms with Crippen molar-refractivity contribution in [1.29, 1.82) is 0 Å². The molecule has 1 aromatic rings. The predicted octanol–water partition coefficient (Wildman–Crippen LogP) is 1.91. The fourth-order valence-electron chi connectivity index (χ4n) is 1.36. The van der Waals surface area contributed by atoms with Crippen molar-refractivity contribution in [3.05, 3.63) is 23.5 Å². The molecule has 0 amide bonds. The number of benzene rings is 1. The van der Waals surface area contributed by atoms with Gasteiger partial charge in [-0.25, -0.2) is 4.39 Å². The summed E-state index contributed by atoms with van der Waals surface area (Å²) in [6, 6.07) is 2.11. The second-order valence-electron chi connectivity index (χ2n) is 3.33. The maximum absolute atomic E-state index is 12.9. The third kappa shape index (κ3) is 2.14. The lowest BCUT2D eigenvalue weighted by Gasteiger charge is -2.13. The van der Waals surface area contributed by atoms with Gasteiger partial charge in [0, 0.05) is 17.7 Å². The summed E-state index contributed by atoms with van der Waals surface area (Å²) < 4.78 is 12.9. The van der Waals surface area contributed by atoms with E-state index in [0.717, 1.165) is 18.9 Å². The smallest absolute Gasteiger partial charge is 0.149 e. The first-order valence-electron chi connectivity index (χ1n) is 4.59. The van der Waals surface area contributed by atoms with Crippen molar-refractivity contribution in [3.8, 4) is 5.75 Å². The highest BCUT2D eigenvalue weighted by molar-refractivity contribution is 5.49. The van der Waals surface area contributed by atoms with Gasteiger partial charge in [0.2, 0.25) is 0 Å². The van der Waals surface area contributed by atoms with E-state index in [4.69, 9.17) is 11.5 Å². The van der Waals surface area contributed by atoms with Crippen LogP contribution in [0, 0.1) is 5.82 Å². The quantitative estimate of drug-likeness (QED) is 0.513. The first kappa shape index (κ1) is 10.8. The van der Waals surface area contributed by atoms with Gasteiger partial charge in [0.25, 0.3) is 0 Å². The fraction of sp³-hybridized carbons (Fsp3) is 0.400. The summed E-state index contributed by atoms with van der Waals surface area (Å²) in [5.74, 6) is -0.743. The van der Waals surface area contributed by atoms with Gasteiger partial charge in [-0.05, 0) is 12.5 Å². The van der Waals surface area contributed by atoms with Gasteiger partial charge in [-0.2, -0.15) is 0 Å². The molecule has 4 heteroatoms. The molecule has 0 saturated carbocycles. The minimum Gasteiger partial charge on any atom is -0.507 e. The van der Waals surface area contributed by atoms with E-state index in [1.54, 1.807) is 0 Å². The molecule has 0 bridgehead atoms. The summed E-state index contributed by atoms with van der Waals surface area (Å²) >= 11 is 0. The number of aromatic hydroxyl groups is 1. The largest absolute Gasteiger partial charge is 0.507 e. The second kappa shape index (κ2) is 4.28. The molecule has 0 heterocycles. The molecule has 0 radical (unpaired) electrons. The minimum atomic E-state index is -0.616. The van der Waals surface area contributed by atoms with Crippen molar-refractivity contribution in [2.24, 2.45) is 5.73 Å². The third-order valence-electron chi connectivity index (χ3n) is 2.15. The fourth-order valence-corrected chi connectivity index (χ4v) is 1.36. The number of anilines is 1. The van der Waals surface area contributed by atoms with Crippen molar-refractivity contribution in [1.82, 2.24) is 0 Å². The highest BCUT2D eigenvalue weighted by atomic mass is 19.1. The van der Waals surface area contributed by atoms with E-state index in [1.165, 1.54) is 6.07 Å². The molecule has 1 rings (SSSR count). The van der Waals surface area contributed by atoms with Crippen molar-refractivity contribution < 1.29 is 9.50 Å². The van der Waals surface area contributed by atoms with Crippen LogP contribution in [-0.2, 0) is 0 Å². The Balaban J connectivity index is 3.02. The van der Waals surface area contributed by atoms with Crippen LogP contribution in [-0.4, -0.2) is 5.11 Å². The number of rotatable bonds is 3. The van der Waals surface area contributed by atoms with E-state index < -0.39 is 5.82 Å². The normalized spacial score (nSPS) is 12.8. The van der Waals surface area contributed by atoms with E-state index in [9.17, 15) is 9.50 Å². The van der Waals surface area contributed by atoms with Crippen LogP contribution in [0.2, 0.25) is 0 Å². The molecule has 0 spiro atoms. The van der Waals surface area contributed by atoms with Crippen LogP contribution in [0.4, 0.5) is 10.1 Å². The first-order chi connectivity index (χ1) is 6.56. The van der Waals surface area contributed by atoms with Gasteiger partial charge in [0.1, 0.15) is 11.6 Å². The van der Waals surface area contributed by atoms with Gasteiger partial charge in [0.15, 0.2) is 0 Å². The Bertz CT molecular complexity index is 328. The average molecular weight is 198 g/mol. The van der Waals surface area contributed by atoms with Crippen LogP contribution >= 0.6 is 0 Å². The minimum absolute atomic E-state index is 0.0179. The van der Waals surface area contributed by atoms with Gasteiger partial charge in [-0.3, -0.25) is 0 Å². The number of nitrogen functional groups attached to an aromatic ring is 1. The van der Waals surface area contributed by atoms with Gasteiger partial charge >= 0.3 is 0 Å². The molecule has 14 heavy (non-hydrogen) atoms. The molecule has 1 unspecified atom stereocenters.